The van der Waals surface area contributed by atoms with Gasteiger partial charge < -0.3 is 24.8 Å². The molecule has 0 aliphatic heterocycles. The molecule has 0 saturated heterocycles. The summed E-state index contributed by atoms with van der Waals surface area (Å²) in [5.41, 5.74) is 2.19. The summed E-state index contributed by atoms with van der Waals surface area (Å²) < 4.78 is 16.0. The maximum absolute atomic E-state index is 5.36. The van der Waals surface area contributed by atoms with Crippen LogP contribution in [-0.2, 0) is 12.0 Å². The Morgan fingerprint density at radius 3 is 2.28 bits per heavy atom. The van der Waals surface area contributed by atoms with Crippen molar-refractivity contribution >= 4 is 29.9 Å². The summed E-state index contributed by atoms with van der Waals surface area (Å²) in [7, 11) is 6.72. The fourth-order valence-electron chi connectivity index (χ4n) is 2.85. The number of methoxy groups -OCH3 is 3. The summed E-state index contributed by atoms with van der Waals surface area (Å²) >= 11 is 0. The van der Waals surface area contributed by atoms with E-state index in [-0.39, 0.29) is 29.4 Å². The third-order valence-electron chi connectivity index (χ3n) is 4.68. The van der Waals surface area contributed by atoms with Crippen LogP contribution in [0.25, 0.3) is 0 Å². The minimum absolute atomic E-state index is 0. The van der Waals surface area contributed by atoms with Gasteiger partial charge in [-0.05, 0) is 35.4 Å². The zero-order valence-electron chi connectivity index (χ0n) is 18.0. The van der Waals surface area contributed by atoms with Crippen molar-refractivity contribution in [1.29, 1.82) is 0 Å². The van der Waals surface area contributed by atoms with Crippen molar-refractivity contribution in [1.82, 2.24) is 10.6 Å². The van der Waals surface area contributed by atoms with E-state index in [4.69, 9.17) is 14.2 Å². The molecule has 0 amide bonds. The Bertz CT molecular complexity index is 810. The van der Waals surface area contributed by atoms with Gasteiger partial charge in [-0.1, -0.05) is 32.0 Å². The van der Waals surface area contributed by atoms with Crippen LogP contribution in [0.4, 0.5) is 0 Å². The zero-order valence-corrected chi connectivity index (χ0v) is 20.4. The number of nitrogens with one attached hydrogen (secondary N) is 2. The molecule has 29 heavy (non-hydrogen) atoms. The molecule has 2 aromatic rings. The predicted molar refractivity (Wildman–Crippen MR) is 129 cm³/mol. The highest BCUT2D eigenvalue weighted by molar-refractivity contribution is 14.0. The Morgan fingerprint density at radius 2 is 1.66 bits per heavy atom. The van der Waals surface area contributed by atoms with Gasteiger partial charge in [0.1, 0.15) is 5.75 Å². The molecule has 160 valence electrons. The van der Waals surface area contributed by atoms with Gasteiger partial charge in [-0.3, -0.25) is 4.99 Å². The lowest BCUT2D eigenvalue weighted by Crippen LogP contribution is -2.43. The first-order chi connectivity index (χ1) is 13.4. The van der Waals surface area contributed by atoms with Crippen LogP contribution in [0.5, 0.6) is 17.2 Å². The first-order valence-electron chi connectivity index (χ1n) is 9.23. The molecule has 6 nitrogen and oxygen atoms in total. The topological polar surface area (TPSA) is 64.1 Å². The molecule has 0 unspecified atom stereocenters. The van der Waals surface area contributed by atoms with E-state index in [1.165, 1.54) is 5.56 Å². The Balaban J connectivity index is 0.00000420. The van der Waals surface area contributed by atoms with E-state index in [2.05, 4.69) is 41.6 Å². The van der Waals surface area contributed by atoms with E-state index in [1.807, 2.05) is 30.3 Å². The highest BCUT2D eigenvalue weighted by atomic mass is 127. The summed E-state index contributed by atoms with van der Waals surface area (Å²) in [6, 6.07) is 14.0. The summed E-state index contributed by atoms with van der Waals surface area (Å²) in [5.74, 6) is 3.03. The number of hydrogen-bond acceptors (Lipinski definition) is 4. The van der Waals surface area contributed by atoms with Crippen LogP contribution in [0, 0.1) is 0 Å². The molecule has 2 N–H and O–H groups in total. The van der Waals surface area contributed by atoms with Crippen molar-refractivity contribution in [3.05, 3.63) is 53.6 Å². The molecule has 0 atom stereocenters. The van der Waals surface area contributed by atoms with Crippen molar-refractivity contribution < 1.29 is 14.2 Å². The SMILES string of the molecule is CN=C(NCc1ccc(OC)c(OC)c1)NCC(C)(C)c1cccc(OC)c1.I. The first-order valence-corrected chi connectivity index (χ1v) is 9.23. The number of aliphatic imine (C=N–C) groups is 1. The van der Waals surface area contributed by atoms with E-state index < -0.39 is 0 Å². The number of benzene rings is 2. The number of halogens is 1. The van der Waals surface area contributed by atoms with Crippen LogP contribution in [0.2, 0.25) is 0 Å². The van der Waals surface area contributed by atoms with Crippen LogP contribution >= 0.6 is 24.0 Å². The number of nitrogens with zero attached hydrogens (tertiary/aromatic N) is 1. The third kappa shape index (κ3) is 6.99. The van der Waals surface area contributed by atoms with Crippen LogP contribution in [0.1, 0.15) is 25.0 Å². The molecule has 0 heterocycles. The largest absolute Gasteiger partial charge is 0.497 e. The van der Waals surface area contributed by atoms with Crippen LogP contribution in [0.15, 0.2) is 47.5 Å². The fourth-order valence-corrected chi connectivity index (χ4v) is 2.85. The van der Waals surface area contributed by atoms with Gasteiger partial charge in [0.2, 0.25) is 0 Å². The second-order valence-electron chi connectivity index (χ2n) is 7.08. The lowest BCUT2D eigenvalue weighted by Gasteiger charge is -2.27. The Morgan fingerprint density at radius 1 is 0.931 bits per heavy atom. The summed E-state index contributed by atoms with van der Waals surface area (Å²) in [6.45, 7) is 5.73. The maximum atomic E-state index is 5.36. The number of guanidine groups is 1. The molecule has 0 aliphatic rings. The van der Waals surface area contributed by atoms with Gasteiger partial charge in [0, 0.05) is 25.6 Å². The van der Waals surface area contributed by atoms with Crippen LogP contribution in [-0.4, -0.2) is 40.9 Å². The van der Waals surface area contributed by atoms with E-state index in [0.29, 0.717) is 18.0 Å². The van der Waals surface area contributed by atoms with E-state index in [9.17, 15) is 0 Å². The average Bonchev–Trinajstić information content (AvgIpc) is 2.73. The summed E-state index contributed by atoms with van der Waals surface area (Å²) in [5, 5.41) is 6.75. The van der Waals surface area contributed by atoms with Gasteiger partial charge >= 0.3 is 0 Å². The average molecular weight is 513 g/mol. The van der Waals surface area contributed by atoms with Gasteiger partial charge in [-0.15, -0.1) is 24.0 Å². The molecule has 0 aliphatic carbocycles. The van der Waals surface area contributed by atoms with Gasteiger partial charge in [0.15, 0.2) is 17.5 Å². The highest BCUT2D eigenvalue weighted by Crippen LogP contribution is 2.27. The minimum atomic E-state index is -0.0878. The standard InChI is InChI=1S/C22H31N3O3.HI/c1-22(2,17-8-7-9-18(13-17)26-4)15-25-21(23-3)24-14-16-10-11-19(27-5)20(12-16)28-6;/h7-13H,14-15H2,1-6H3,(H2,23,24,25);1H. The van der Waals surface area contributed by atoms with Crippen molar-refractivity contribution in [3.8, 4) is 17.2 Å². The second kappa shape index (κ2) is 11.7. The van der Waals surface area contributed by atoms with Crippen molar-refractivity contribution in [2.24, 2.45) is 4.99 Å². The normalized spacial score (nSPS) is 11.3. The smallest absolute Gasteiger partial charge is 0.191 e. The van der Waals surface area contributed by atoms with Gasteiger partial charge in [0.25, 0.3) is 0 Å². The molecule has 0 spiro atoms. The van der Waals surface area contributed by atoms with Crippen molar-refractivity contribution in [2.75, 3.05) is 34.9 Å². The summed E-state index contributed by atoms with van der Waals surface area (Å²) in [6.07, 6.45) is 0. The molecule has 0 fully saturated rings. The Hall–Kier alpha value is -2.16. The van der Waals surface area contributed by atoms with Gasteiger partial charge in [0.05, 0.1) is 21.3 Å². The molecule has 2 aromatic carbocycles. The predicted octanol–water partition coefficient (Wildman–Crippen LogP) is 3.97. The van der Waals surface area contributed by atoms with Crippen molar-refractivity contribution in [3.63, 3.8) is 0 Å². The van der Waals surface area contributed by atoms with Gasteiger partial charge in [-0.25, -0.2) is 0 Å². The first kappa shape index (κ1) is 24.9. The monoisotopic (exact) mass is 513 g/mol. The molecular weight excluding hydrogens is 481 g/mol. The molecule has 0 bridgehead atoms. The van der Waals surface area contributed by atoms with Crippen LogP contribution < -0.4 is 24.8 Å². The quantitative estimate of drug-likeness (QED) is 0.318. The van der Waals surface area contributed by atoms with E-state index in [1.54, 1.807) is 28.4 Å². The Labute approximate surface area is 191 Å². The maximum Gasteiger partial charge on any atom is 0.191 e. The lowest BCUT2D eigenvalue weighted by molar-refractivity contribution is 0.354. The molecule has 0 saturated carbocycles. The summed E-state index contributed by atoms with van der Waals surface area (Å²) in [4.78, 5) is 4.32. The minimum Gasteiger partial charge on any atom is -0.497 e. The molecule has 2 rings (SSSR count). The number of hydrogen-bond donors (Lipinski definition) is 2. The Kier molecular flexibility index (Phi) is 10.1. The zero-order chi connectivity index (χ0) is 20.6. The highest BCUT2D eigenvalue weighted by Gasteiger charge is 2.21. The van der Waals surface area contributed by atoms with E-state index >= 15 is 0 Å². The van der Waals surface area contributed by atoms with Crippen LogP contribution in [0.3, 0.4) is 0 Å². The van der Waals surface area contributed by atoms with Gasteiger partial charge in [-0.2, -0.15) is 0 Å². The molecule has 0 radical (unpaired) electrons. The molecule has 0 aromatic heterocycles. The number of rotatable bonds is 8. The molecule has 7 heteroatoms. The fraction of sp³-hybridized carbons (Fsp3) is 0.409. The van der Waals surface area contributed by atoms with Crippen molar-refractivity contribution in [2.45, 2.75) is 25.8 Å². The lowest BCUT2D eigenvalue weighted by atomic mass is 9.84. The third-order valence-corrected chi connectivity index (χ3v) is 4.68. The second-order valence-corrected chi connectivity index (χ2v) is 7.08. The number of ether oxygens (including phenoxy) is 3. The van der Waals surface area contributed by atoms with E-state index in [0.717, 1.165) is 23.8 Å². The molecular formula is C22H32IN3O3.